The maximum Gasteiger partial charge on any atom is 0.338 e. The number of carbonyl (C=O) groups excluding carboxylic acids is 1. The van der Waals surface area contributed by atoms with E-state index in [-0.39, 0.29) is 36.0 Å². The first-order chi connectivity index (χ1) is 16.4. The average molecular weight is 460 g/mol. The van der Waals surface area contributed by atoms with Crippen LogP contribution < -0.4 is 15.2 Å². The SMILES string of the molecule is CCOC(=O)C1=C(C)OC(N)=C(C#N)C1c1ccc(OCc2ccccc2C#N)c(OCC)c1. The van der Waals surface area contributed by atoms with Gasteiger partial charge in [-0.2, -0.15) is 10.5 Å². The molecule has 2 aromatic rings. The fraction of sp³-hybridized carbons (Fsp3) is 0.269. The number of hydrogen-bond donors (Lipinski definition) is 1. The summed E-state index contributed by atoms with van der Waals surface area (Å²) < 4.78 is 22.4. The minimum absolute atomic E-state index is 0.0653. The van der Waals surface area contributed by atoms with Crippen molar-refractivity contribution in [2.45, 2.75) is 33.3 Å². The number of nitrogens with two attached hydrogens (primary N) is 1. The summed E-state index contributed by atoms with van der Waals surface area (Å²) in [6, 6.07) is 16.5. The van der Waals surface area contributed by atoms with Gasteiger partial charge < -0.3 is 24.7 Å². The topological polar surface area (TPSA) is 128 Å². The predicted octanol–water partition coefficient (Wildman–Crippen LogP) is 4.18. The van der Waals surface area contributed by atoms with Gasteiger partial charge in [0.25, 0.3) is 0 Å². The predicted molar refractivity (Wildman–Crippen MR) is 123 cm³/mol. The van der Waals surface area contributed by atoms with E-state index in [1.165, 1.54) is 0 Å². The maximum absolute atomic E-state index is 12.7. The van der Waals surface area contributed by atoms with Crippen molar-refractivity contribution in [3.63, 3.8) is 0 Å². The number of allylic oxidation sites excluding steroid dienone is 2. The van der Waals surface area contributed by atoms with Crippen molar-refractivity contribution in [1.29, 1.82) is 10.5 Å². The molecule has 0 fully saturated rings. The average Bonchev–Trinajstić information content (AvgIpc) is 2.83. The molecule has 3 rings (SSSR count). The van der Waals surface area contributed by atoms with Crippen LogP contribution in [0.3, 0.4) is 0 Å². The highest BCUT2D eigenvalue weighted by atomic mass is 16.5. The maximum atomic E-state index is 12.7. The van der Waals surface area contributed by atoms with Crippen LogP contribution in [0.4, 0.5) is 0 Å². The highest BCUT2D eigenvalue weighted by Gasteiger charge is 2.36. The van der Waals surface area contributed by atoms with E-state index in [4.69, 9.17) is 24.7 Å². The van der Waals surface area contributed by atoms with Crippen LogP contribution in [0.2, 0.25) is 0 Å². The van der Waals surface area contributed by atoms with Gasteiger partial charge in [0.15, 0.2) is 11.5 Å². The van der Waals surface area contributed by atoms with Crippen LogP contribution in [0.5, 0.6) is 11.5 Å². The van der Waals surface area contributed by atoms with Gasteiger partial charge in [-0.1, -0.05) is 24.3 Å². The van der Waals surface area contributed by atoms with Crippen molar-refractivity contribution >= 4 is 5.97 Å². The molecule has 0 radical (unpaired) electrons. The standard InChI is InChI=1S/C26H25N3O5/c1-4-31-22-12-17(10-11-21(22)33-15-19-9-7-6-8-18(19)13-27)24-20(14-28)25(29)34-16(3)23(24)26(30)32-5-2/h6-12,24H,4-5,15,29H2,1-3H3. The van der Waals surface area contributed by atoms with E-state index in [0.717, 1.165) is 5.56 Å². The minimum atomic E-state index is -0.787. The summed E-state index contributed by atoms with van der Waals surface area (Å²) in [6.45, 7) is 5.85. The van der Waals surface area contributed by atoms with Crippen LogP contribution in [0.1, 0.15) is 43.4 Å². The van der Waals surface area contributed by atoms with Crippen molar-refractivity contribution in [3.8, 4) is 23.6 Å². The molecule has 0 aromatic heterocycles. The number of nitriles is 2. The Kier molecular flexibility index (Phi) is 7.79. The van der Waals surface area contributed by atoms with Crippen molar-refractivity contribution in [2.24, 2.45) is 5.73 Å². The summed E-state index contributed by atoms with van der Waals surface area (Å²) in [6.07, 6.45) is 0. The zero-order valence-corrected chi connectivity index (χ0v) is 19.3. The van der Waals surface area contributed by atoms with Crippen LogP contribution >= 0.6 is 0 Å². The van der Waals surface area contributed by atoms with Crippen LogP contribution in [-0.4, -0.2) is 19.2 Å². The molecule has 0 saturated carbocycles. The molecule has 2 N–H and O–H groups in total. The van der Waals surface area contributed by atoms with E-state index in [0.29, 0.717) is 29.2 Å². The van der Waals surface area contributed by atoms with Gasteiger partial charge in [-0.05, 0) is 44.5 Å². The van der Waals surface area contributed by atoms with Gasteiger partial charge in [-0.3, -0.25) is 0 Å². The molecule has 0 bridgehead atoms. The van der Waals surface area contributed by atoms with E-state index in [9.17, 15) is 15.3 Å². The Morgan fingerprint density at radius 1 is 1.06 bits per heavy atom. The van der Waals surface area contributed by atoms with Gasteiger partial charge in [-0.15, -0.1) is 0 Å². The zero-order chi connectivity index (χ0) is 24.7. The lowest BCUT2D eigenvalue weighted by atomic mass is 9.83. The molecule has 1 atom stereocenters. The Bertz CT molecular complexity index is 1230. The quantitative estimate of drug-likeness (QED) is 0.582. The zero-order valence-electron chi connectivity index (χ0n) is 19.3. The van der Waals surface area contributed by atoms with Crippen LogP contribution in [0.15, 0.2) is 65.3 Å². The molecular weight excluding hydrogens is 434 g/mol. The highest BCUT2D eigenvalue weighted by Crippen LogP contribution is 2.42. The van der Waals surface area contributed by atoms with Gasteiger partial charge >= 0.3 is 5.97 Å². The highest BCUT2D eigenvalue weighted by molar-refractivity contribution is 5.92. The minimum Gasteiger partial charge on any atom is -0.490 e. The number of nitrogens with zero attached hydrogens (tertiary/aromatic N) is 2. The van der Waals surface area contributed by atoms with Gasteiger partial charge in [-0.25, -0.2) is 4.79 Å². The smallest absolute Gasteiger partial charge is 0.338 e. The largest absolute Gasteiger partial charge is 0.490 e. The molecule has 0 saturated heterocycles. The van der Waals surface area contributed by atoms with Gasteiger partial charge in [0.05, 0.1) is 36.3 Å². The fourth-order valence-corrected chi connectivity index (χ4v) is 3.69. The van der Waals surface area contributed by atoms with Gasteiger partial charge in [0.1, 0.15) is 24.0 Å². The van der Waals surface area contributed by atoms with Crippen molar-refractivity contribution in [3.05, 3.63) is 81.9 Å². The second-order valence-corrected chi connectivity index (χ2v) is 7.31. The van der Waals surface area contributed by atoms with Crippen LogP contribution in [0, 0.1) is 22.7 Å². The number of hydrogen-bond acceptors (Lipinski definition) is 8. The molecule has 0 aliphatic carbocycles. The molecule has 0 spiro atoms. The summed E-state index contributed by atoms with van der Waals surface area (Å²) in [5.74, 6) is -0.283. The summed E-state index contributed by atoms with van der Waals surface area (Å²) in [7, 11) is 0. The van der Waals surface area contributed by atoms with E-state index in [2.05, 4.69) is 12.1 Å². The summed E-state index contributed by atoms with van der Waals surface area (Å²) in [5, 5.41) is 19.1. The number of carbonyl (C=O) groups is 1. The van der Waals surface area contributed by atoms with Crippen molar-refractivity contribution in [2.75, 3.05) is 13.2 Å². The summed E-state index contributed by atoms with van der Waals surface area (Å²) in [5.41, 5.74) is 8.15. The second-order valence-electron chi connectivity index (χ2n) is 7.31. The van der Waals surface area contributed by atoms with Crippen LogP contribution in [-0.2, 0) is 20.9 Å². The number of ether oxygens (including phenoxy) is 4. The van der Waals surface area contributed by atoms with E-state index in [1.807, 2.05) is 19.1 Å². The molecule has 174 valence electrons. The first-order valence-corrected chi connectivity index (χ1v) is 10.8. The molecule has 1 aliphatic heterocycles. The van der Waals surface area contributed by atoms with E-state index >= 15 is 0 Å². The normalized spacial score (nSPS) is 15.1. The number of benzene rings is 2. The van der Waals surface area contributed by atoms with E-state index < -0.39 is 11.9 Å². The van der Waals surface area contributed by atoms with Gasteiger partial charge in [0, 0.05) is 5.56 Å². The summed E-state index contributed by atoms with van der Waals surface area (Å²) in [4.78, 5) is 12.7. The monoisotopic (exact) mass is 459 g/mol. The molecule has 1 heterocycles. The molecule has 0 amide bonds. The lowest BCUT2D eigenvalue weighted by molar-refractivity contribution is -0.139. The Hall–Kier alpha value is -4.43. The van der Waals surface area contributed by atoms with Gasteiger partial charge in [0.2, 0.25) is 5.88 Å². The third-order valence-electron chi connectivity index (χ3n) is 5.22. The third-order valence-corrected chi connectivity index (χ3v) is 5.22. The number of rotatable bonds is 8. The molecule has 2 aromatic carbocycles. The Balaban J connectivity index is 2.02. The lowest BCUT2D eigenvalue weighted by Crippen LogP contribution is -2.25. The first-order valence-electron chi connectivity index (χ1n) is 10.8. The fourth-order valence-electron chi connectivity index (χ4n) is 3.69. The molecule has 1 unspecified atom stereocenters. The van der Waals surface area contributed by atoms with Crippen LogP contribution in [0.25, 0.3) is 0 Å². The Morgan fingerprint density at radius 2 is 1.82 bits per heavy atom. The third kappa shape index (κ3) is 4.97. The van der Waals surface area contributed by atoms with E-state index in [1.54, 1.807) is 44.2 Å². The molecule has 8 nitrogen and oxygen atoms in total. The molecular formula is C26H25N3O5. The Morgan fingerprint density at radius 3 is 2.50 bits per heavy atom. The van der Waals surface area contributed by atoms with Crippen molar-refractivity contribution < 1.29 is 23.7 Å². The lowest BCUT2D eigenvalue weighted by Gasteiger charge is -2.27. The first kappa shape index (κ1) is 24.2. The molecule has 34 heavy (non-hydrogen) atoms. The second kappa shape index (κ2) is 10.9. The Labute approximate surface area is 198 Å². The summed E-state index contributed by atoms with van der Waals surface area (Å²) >= 11 is 0. The molecule has 1 aliphatic rings. The molecule has 8 heteroatoms. The van der Waals surface area contributed by atoms with Crippen molar-refractivity contribution in [1.82, 2.24) is 0 Å². The number of esters is 1.